The third-order valence-corrected chi connectivity index (χ3v) is 2.96. The summed E-state index contributed by atoms with van der Waals surface area (Å²) >= 11 is 0. The van der Waals surface area contributed by atoms with Crippen LogP contribution in [0.2, 0.25) is 0 Å². The molecule has 2 aromatic rings. The van der Waals surface area contributed by atoms with Crippen LogP contribution in [0.3, 0.4) is 0 Å². The molecule has 0 bridgehead atoms. The fraction of sp³-hybridized carbons (Fsp3) is 0.267. The van der Waals surface area contributed by atoms with E-state index < -0.39 is 10.9 Å². The molecule has 0 spiro atoms. The lowest BCUT2D eigenvalue weighted by Crippen LogP contribution is -2.09. The Bertz CT molecular complexity index is 765. The summed E-state index contributed by atoms with van der Waals surface area (Å²) in [4.78, 5) is 28.3. The number of rotatable bonds is 6. The van der Waals surface area contributed by atoms with Crippen molar-refractivity contribution in [2.24, 2.45) is 4.99 Å². The summed E-state index contributed by atoms with van der Waals surface area (Å²) in [6, 6.07) is 5.80. The molecule has 1 heterocycles. The number of esters is 1. The molecule has 0 saturated carbocycles. The quantitative estimate of drug-likeness (QED) is 0.264. The van der Waals surface area contributed by atoms with E-state index in [1.807, 2.05) is 0 Å². The Morgan fingerprint density at radius 3 is 2.62 bits per heavy atom. The van der Waals surface area contributed by atoms with E-state index in [1.54, 1.807) is 25.9 Å². The zero-order chi connectivity index (χ0) is 17.7. The topological polar surface area (TPSA) is 103 Å². The van der Waals surface area contributed by atoms with Crippen LogP contribution in [0.5, 0.6) is 0 Å². The van der Waals surface area contributed by atoms with Crippen molar-refractivity contribution in [2.45, 2.75) is 6.92 Å². The Labute approximate surface area is 138 Å². The van der Waals surface area contributed by atoms with Crippen molar-refractivity contribution < 1.29 is 14.5 Å². The standard InChI is InChI=1S/C15H17N5O4/c1-4-24-15(21)13-9-17-19(14(13)16-10-18(2)3)11-5-7-12(8-6-11)20(22)23/h5-10H,4H2,1-3H3/b16-10+. The van der Waals surface area contributed by atoms with E-state index in [4.69, 9.17) is 4.74 Å². The molecule has 0 saturated heterocycles. The van der Waals surface area contributed by atoms with Crippen molar-refractivity contribution >= 4 is 23.8 Å². The Morgan fingerprint density at radius 2 is 2.08 bits per heavy atom. The summed E-state index contributed by atoms with van der Waals surface area (Å²) < 4.78 is 6.43. The van der Waals surface area contributed by atoms with Crippen LogP contribution in [0.4, 0.5) is 11.5 Å². The summed E-state index contributed by atoms with van der Waals surface area (Å²) in [5.74, 6) is -0.243. The molecule has 0 atom stereocenters. The van der Waals surface area contributed by atoms with Gasteiger partial charge in [0.2, 0.25) is 0 Å². The predicted molar refractivity (Wildman–Crippen MR) is 88.0 cm³/mol. The molecule has 24 heavy (non-hydrogen) atoms. The van der Waals surface area contributed by atoms with Crippen LogP contribution < -0.4 is 0 Å². The van der Waals surface area contributed by atoms with Crippen molar-refractivity contribution in [1.29, 1.82) is 0 Å². The van der Waals surface area contributed by atoms with E-state index in [-0.39, 0.29) is 23.7 Å². The highest BCUT2D eigenvalue weighted by Gasteiger charge is 2.19. The number of ether oxygens (including phenoxy) is 1. The zero-order valence-corrected chi connectivity index (χ0v) is 13.5. The Hall–Kier alpha value is -3.23. The molecular formula is C15H17N5O4. The van der Waals surface area contributed by atoms with E-state index in [9.17, 15) is 14.9 Å². The van der Waals surface area contributed by atoms with Crippen LogP contribution in [0.25, 0.3) is 5.69 Å². The van der Waals surface area contributed by atoms with E-state index >= 15 is 0 Å². The number of nitro groups is 1. The van der Waals surface area contributed by atoms with Gasteiger partial charge in [-0.25, -0.2) is 14.5 Å². The first kappa shape index (κ1) is 17.1. The van der Waals surface area contributed by atoms with Crippen LogP contribution in [-0.2, 0) is 4.74 Å². The molecular weight excluding hydrogens is 314 g/mol. The molecule has 0 amide bonds. The predicted octanol–water partition coefficient (Wildman–Crippen LogP) is 2.18. The maximum Gasteiger partial charge on any atom is 0.343 e. The highest BCUT2D eigenvalue weighted by molar-refractivity contribution is 5.94. The first-order valence-corrected chi connectivity index (χ1v) is 7.14. The number of hydrogen-bond acceptors (Lipinski definition) is 6. The Kier molecular flexibility index (Phi) is 5.25. The first-order valence-electron chi connectivity index (χ1n) is 7.14. The summed E-state index contributed by atoms with van der Waals surface area (Å²) in [5.41, 5.74) is 0.727. The Balaban J connectivity index is 2.48. The minimum atomic E-state index is -0.531. The molecule has 9 nitrogen and oxygen atoms in total. The summed E-state index contributed by atoms with van der Waals surface area (Å²) in [6.45, 7) is 1.94. The largest absolute Gasteiger partial charge is 0.462 e. The third kappa shape index (κ3) is 3.75. The number of benzene rings is 1. The van der Waals surface area contributed by atoms with Gasteiger partial charge in [0, 0.05) is 26.2 Å². The maximum absolute atomic E-state index is 12.0. The number of aromatic nitrogens is 2. The highest BCUT2D eigenvalue weighted by atomic mass is 16.6. The average molecular weight is 331 g/mol. The fourth-order valence-corrected chi connectivity index (χ4v) is 1.89. The number of nitro benzene ring substituents is 1. The lowest BCUT2D eigenvalue weighted by molar-refractivity contribution is -0.384. The van der Waals surface area contributed by atoms with Gasteiger partial charge in [0.15, 0.2) is 5.82 Å². The zero-order valence-electron chi connectivity index (χ0n) is 13.5. The van der Waals surface area contributed by atoms with Gasteiger partial charge in [-0.2, -0.15) is 5.10 Å². The first-order chi connectivity index (χ1) is 11.4. The molecule has 0 N–H and O–H groups in total. The molecule has 2 rings (SSSR count). The molecule has 9 heteroatoms. The molecule has 0 unspecified atom stereocenters. The summed E-state index contributed by atoms with van der Waals surface area (Å²) in [5, 5.41) is 14.9. The second-order valence-electron chi connectivity index (χ2n) is 5.00. The molecule has 0 aliphatic heterocycles. The molecule has 1 aromatic carbocycles. The van der Waals surface area contributed by atoms with Crippen LogP contribution >= 0.6 is 0 Å². The van der Waals surface area contributed by atoms with E-state index in [1.165, 1.54) is 41.5 Å². The molecule has 0 fully saturated rings. The van der Waals surface area contributed by atoms with Crippen molar-refractivity contribution in [3.63, 3.8) is 0 Å². The lowest BCUT2D eigenvalue weighted by Gasteiger charge is -2.07. The molecule has 1 aromatic heterocycles. The van der Waals surface area contributed by atoms with E-state index in [0.29, 0.717) is 5.69 Å². The van der Waals surface area contributed by atoms with Gasteiger partial charge in [-0.3, -0.25) is 10.1 Å². The second-order valence-corrected chi connectivity index (χ2v) is 5.00. The van der Waals surface area contributed by atoms with E-state index in [2.05, 4.69) is 10.1 Å². The van der Waals surface area contributed by atoms with Gasteiger partial charge in [-0.15, -0.1) is 0 Å². The SMILES string of the molecule is CCOC(=O)c1cnn(-c2ccc([N+](=O)[O-])cc2)c1/N=C/N(C)C. The number of carbonyl (C=O) groups is 1. The van der Waals surface area contributed by atoms with Gasteiger partial charge >= 0.3 is 5.97 Å². The average Bonchev–Trinajstić information content (AvgIpc) is 2.97. The molecule has 0 aliphatic rings. The number of non-ortho nitro benzene ring substituents is 1. The second kappa shape index (κ2) is 7.36. The van der Waals surface area contributed by atoms with Gasteiger partial charge < -0.3 is 9.64 Å². The van der Waals surface area contributed by atoms with Crippen LogP contribution in [0.15, 0.2) is 35.5 Å². The normalized spacial score (nSPS) is 10.8. The molecule has 0 radical (unpaired) electrons. The summed E-state index contributed by atoms with van der Waals surface area (Å²) in [6.07, 6.45) is 2.89. The third-order valence-electron chi connectivity index (χ3n) is 2.96. The lowest BCUT2D eigenvalue weighted by atomic mass is 10.3. The monoisotopic (exact) mass is 331 g/mol. The summed E-state index contributed by atoms with van der Waals surface area (Å²) in [7, 11) is 3.58. The van der Waals surface area contributed by atoms with Gasteiger partial charge in [0.05, 0.1) is 29.8 Å². The van der Waals surface area contributed by atoms with Gasteiger partial charge in [0.25, 0.3) is 5.69 Å². The highest BCUT2D eigenvalue weighted by Crippen LogP contribution is 2.25. The maximum atomic E-state index is 12.0. The Morgan fingerprint density at radius 1 is 1.42 bits per heavy atom. The van der Waals surface area contributed by atoms with Crippen molar-refractivity contribution in [1.82, 2.24) is 14.7 Å². The van der Waals surface area contributed by atoms with Gasteiger partial charge in [-0.05, 0) is 19.1 Å². The minimum absolute atomic E-state index is 0.0325. The van der Waals surface area contributed by atoms with Crippen molar-refractivity contribution in [3.05, 3.63) is 46.1 Å². The number of carbonyl (C=O) groups excluding carboxylic acids is 1. The van der Waals surface area contributed by atoms with Crippen LogP contribution in [0, 0.1) is 10.1 Å². The molecule has 126 valence electrons. The van der Waals surface area contributed by atoms with E-state index in [0.717, 1.165) is 0 Å². The number of aliphatic imine (C=N–C) groups is 1. The fourth-order valence-electron chi connectivity index (χ4n) is 1.89. The number of hydrogen-bond donors (Lipinski definition) is 0. The van der Waals surface area contributed by atoms with Gasteiger partial charge in [-0.1, -0.05) is 0 Å². The van der Waals surface area contributed by atoms with Gasteiger partial charge in [0.1, 0.15) is 5.56 Å². The van der Waals surface area contributed by atoms with Crippen molar-refractivity contribution in [3.8, 4) is 5.69 Å². The van der Waals surface area contributed by atoms with Crippen LogP contribution in [-0.4, -0.2) is 52.6 Å². The van der Waals surface area contributed by atoms with Crippen LogP contribution in [0.1, 0.15) is 17.3 Å². The van der Waals surface area contributed by atoms with Crippen molar-refractivity contribution in [2.75, 3.05) is 20.7 Å². The molecule has 0 aliphatic carbocycles. The minimum Gasteiger partial charge on any atom is -0.462 e. The smallest absolute Gasteiger partial charge is 0.343 e. The number of nitrogens with zero attached hydrogens (tertiary/aromatic N) is 5.